The summed E-state index contributed by atoms with van der Waals surface area (Å²) in [5, 5.41) is 0. The first-order valence-corrected chi connectivity index (χ1v) is 5.78. The van der Waals surface area contributed by atoms with Gasteiger partial charge in [-0.05, 0) is 19.3 Å². The maximum absolute atomic E-state index is 11.6. The van der Waals surface area contributed by atoms with Gasteiger partial charge in [0.25, 0.3) is 0 Å². The molecule has 0 aromatic rings. The van der Waals surface area contributed by atoms with Gasteiger partial charge in [-0.25, -0.2) is 0 Å². The van der Waals surface area contributed by atoms with Gasteiger partial charge in [0, 0.05) is 12.3 Å². The van der Waals surface area contributed by atoms with Crippen LogP contribution >= 0.6 is 0 Å². The number of carbonyl (C=O) groups excluding carboxylic acids is 1. The number of unbranched alkanes of at least 4 members (excludes halogenated alkanes) is 2. The van der Waals surface area contributed by atoms with E-state index in [2.05, 4.69) is 20.8 Å². The first-order valence-electron chi connectivity index (χ1n) is 5.78. The molecule has 0 rings (SSSR count). The highest BCUT2D eigenvalue weighted by molar-refractivity contribution is 5.80. The second-order valence-electron chi connectivity index (χ2n) is 3.82. The van der Waals surface area contributed by atoms with Gasteiger partial charge in [0.2, 0.25) is 0 Å². The Morgan fingerprint density at radius 3 is 2.15 bits per heavy atom. The van der Waals surface area contributed by atoms with E-state index in [0.717, 1.165) is 32.1 Å². The van der Waals surface area contributed by atoms with E-state index in [4.69, 9.17) is 0 Å². The molecule has 0 bridgehead atoms. The van der Waals surface area contributed by atoms with E-state index < -0.39 is 0 Å². The monoisotopic (exact) mass is 184 g/mol. The van der Waals surface area contributed by atoms with Gasteiger partial charge >= 0.3 is 0 Å². The lowest BCUT2D eigenvalue weighted by Gasteiger charge is -2.12. The molecule has 13 heavy (non-hydrogen) atoms. The van der Waals surface area contributed by atoms with E-state index in [1.54, 1.807) is 0 Å². The zero-order valence-electron chi connectivity index (χ0n) is 9.44. The summed E-state index contributed by atoms with van der Waals surface area (Å²) in [7, 11) is 0. The maximum atomic E-state index is 11.6. The average molecular weight is 184 g/mol. The molecule has 1 atom stereocenters. The zero-order chi connectivity index (χ0) is 10.1. The Kier molecular flexibility index (Phi) is 8.07. The third-order valence-electron chi connectivity index (χ3n) is 2.63. The Labute approximate surface area is 82.9 Å². The van der Waals surface area contributed by atoms with Crippen molar-refractivity contribution in [1.29, 1.82) is 0 Å². The molecule has 0 radical (unpaired) electrons. The lowest BCUT2D eigenvalue weighted by molar-refractivity contribution is -0.123. The molecule has 0 saturated heterocycles. The smallest absolute Gasteiger partial charge is 0.135 e. The van der Waals surface area contributed by atoms with Crippen LogP contribution in [0.1, 0.15) is 65.7 Å². The Morgan fingerprint density at radius 1 is 1.08 bits per heavy atom. The summed E-state index contributed by atoms with van der Waals surface area (Å²) in [5.74, 6) is 0.851. The third-order valence-corrected chi connectivity index (χ3v) is 2.63. The Balaban J connectivity index is 3.71. The Morgan fingerprint density at radius 2 is 1.69 bits per heavy atom. The summed E-state index contributed by atoms with van der Waals surface area (Å²) in [6.07, 6.45) is 7.56. The van der Waals surface area contributed by atoms with Crippen molar-refractivity contribution in [1.82, 2.24) is 0 Å². The molecule has 0 spiro atoms. The molecule has 0 saturated carbocycles. The van der Waals surface area contributed by atoms with Gasteiger partial charge in [0.1, 0.15) is 5.78 Å². The van der Waals surface area contributed by atoms with Crippen LogP contribution in [0.2, 0.25) is 0 Å². The van der Waals surface area contributed by atoms with Crippen molar-refractivity contribution in [3.63, 3.8) is 0 Å². The van der Waals surface area contributed by atoms with Crippen molar-refractivity contribution >= 4 is 5.78 Å². The summed E-state index contributed by atoms with van der Waals surface area (Å²) in [6.45, 7) is 6.45. The van der Waals surface area contributed by atoms with Crippen molar-refractivity contribution in [2.45, 2.75) is 65.7 Å². The average Bonchev–Trinajstić information content (AvgIpc) is 2.16. The Hall–Kier alpha value is -0.330. The number of Topliss-reactive ketones (excluding diaryl/α,β-unsaturated/α-hetero) is 1. The van der Waals surface area contributed by atoms with Crippen LogP contribution < -0.4 is 0 Å². The zero-order valence-corrected chi connectivity index (χ0v) is 9.44. The highest BCUT2D eigenvalue weighted by Gasteiger charge is 2.14. The molecule has 0 aliphatic carbocycles. The molecule has 0 N–H and O–H groups in total. The highest BCUT2D eigenvalue weighted by atomic mass is 16.1. The van der Waals surface area contributed by atoms with Crippen molar-refractivity contribution in [2.24, 2.45) is 5.92 Å². The topological polar surface area (TPSA) is 17.1 Å². The molecule has 0 heterocycles. The second-order valence-corrected chi connectivity index (χ2v) is 3.82. The molecule has 0 aliphatic heterocycles. The van der Waals surface area contributed by atoms with Crippen LogP contribution in [0.3, 0.4) is 0 Å². The lowest BCUT2D eigenvalue weighted by Crippen LogP contribution is -2.13. The molecule has 0 fully saturated rings. The fraction of sp³-hybridized carbons (Fsp3) is 0.917. The predicted octanol–water partition coefficient (Wildman–Crippen LogP) is 3.96. The molecular weight excluding hydrogens is 160 g/mol. The van der Waals surface area contributed by atoms with Gasteiger partial charge < -0.3 is 0 Å². The fourth-order valence-electron chi connectivity index (χ4n) is 1.60. The largest absolute Gasteiger partial charge is 0.299 e. The third kappa shape index (κ3) is 5.84. The minimum atomic E-state index is 0.353. The SMILES string of the molecule is CCCCC(=O)C(CC)CCCC. The van der Waals surface area contributed by atoms with Crippen LogP contribution in [0.25, 0.3) is 0 Å². The number of hydrogen-bond donors (Lipinski definition) is 0. The second kappa shape index (κ2) is 8.28. The van der Waals surface area contributed by atoms with Gasteiger partial charge in [-0.15, -0.1) is 0 Å². The van der Waals surface area contributed by atoms with E-state index >= 15 is 0 Å². The van der Waals surface area contributed by atoms with Crippen molar-refractivity contribution < 1.29 is 4.79 Å². The summed E-state index contributed by atoms with van der Waals surface area (Å²) in [5.41, 5.74) is 0. The molecular formula is C12H24O. The van der Waals surface area contributed by atoms with Crippen LogP contribution in [-0.4, -0.2) is 5.78 Å². The first-order chi connectivity index (χ1) is 6.26. The Bertz CT molecular complexity index is 129. The standard InChI is InChI=1S/C12H24O/c1-4-7-9-11(6-3)12(13)10-8-5-2/h11H,4-10H2,1-3H3. The maximum Gasteiger partial charge on any atom is 0.135 e. The van der Waals surface area contributed by atoms with Crippen LogP contribution in [0.5, 0.6) is 0 Å². The number of carbonyl (C=O) groups is 1. The van der Waals surface area contributed by atoms with Gasteiger partial charge in [0.05, 0.1) is 0 Å². The van der Waals surface area contributed by atoms with E-state index in [0.29, 0.717) is 11.7 Å². The summed E-state index contributed by atoms with van der Waals surface area (Å²) in [6, 6.07) is 0. The molecule has 1 unspecified atom stereocenters. The van der Waals surface area contributed by atoms with E-state index in [9.17, 15) is 4.79 Å². The van der Waals surface area contributed by atoms with Crippen molar-refractivity contribution in [3.05, 3.63) is 0 Å². The summed E-state index contributed by atoms with van der Waals surface area (Å²) >= 11 is 0. The fourth-order valence-corrected chi connectivity index (χ4v) is 1.60. The number of ketones is 1. The van der Waals surface area contributed by atoms with E-state index in [1.807, 2.05) is 0 Å². The lowest BCUT2D eigenvalue weighted by atomic mass is 9.92. The molecule has 1 nitrogen and oxygen atoms in total. The van der Waals surface area contributed by atoms with Gasteiger partial charge in [-0.1, -0.05) is 40.0 Å². The predicted molar refractivity (Wildman–Crippen MR) is 57.8 cm³/mol. The first kappa shape index (κ1) is 12.7. The van der Waals surface area contributed by atoms with Crippen LogP contribution in [0, 0.1) is 5.92 Å². The van der Waals surface area contributed by atoms with Crippen LogP contribution in [0.15, 0.2) is 0 Å². The van der Waals surface area contributed by atoms with Gasteiger partial charge in [-0.3, -0.25) is 4.79 Å². The number of rotatable bonds is 8. The minimum absolute atomic E-state index is 0.353. The van der Waals surface area contributed by atoms with Crippen molar-refractivity contribution in [3.8, 4) is 0 Å². The molecule has 1 heteroatoms. The van der Waals surface area contributed by atoms with Gasteiger partial charge in [-0.2, -0.15) is 0 Å². The molecule has 78 valence electrons. The summed E-state index contributed by atoms with van der Waals surface area (Å²) < 4.78 is 0. The van der Waals surface area contributed by atoms with E-state index in [-0.39, 0.29) is 0 Å². The van der Waals surface area contributed by atoms with Gasteiger partial charge in [0.15, 0.2) is 0 Å². The molecule has 0 aromatic heterocycles. The highest BCUT2D eigenvalue weighted by Crippen LogP contribution is 2.16. The quantitative estimate of drug-likeness (QED) is 0.558. The van der Waals surface area contributed by atoms with E-state index in [1.165, 1.54) is 12.8 Å². The molecule has 0 aliphatic rings. The van der Waals surface area contributed by atoms with Crippen LogP contribution in [0.4, 0.5) is 0 Å². The van der Waals surface area contributed by atoms with Crippen LogP contribution in [-0.2, 0) is 4.79 Å². The normalized spacial score (nSPS) is 12.8. The molecule has 0 amide bonds. The minimum Gasteiger partial charge on any atom is -0.299 e. The molecule has 0 aromatic carbocycles. The summed E-state index contributed by atoms with van der Waals surface area (Å²) in [4.78, 5) is 11.6. The van der Waals surface area contributed by atoms with Crippen molar-refractivity contribution in [2.75, 3.05) is 0 Å². The number of hydrogen-bond acceptors (Lipinski definition) is 1.